The molecule has 0 aliphatic rings. The van der Waals surface area contributed by atoms with Crippen LogP contribution < -0.4 is 19.5 Å². The summed E-state index contributed by atoms with van der Waals surface area (Å²) in [6, 6.07) is 13.8. The Morgan fingerprint density at radius 3 is 2.31 bits per heavy atom. The minimum absolute atomic E-state index is 0.583. The van der Waals surface area contributed by atoms with Crippen LogP contribution in [0.1, 0.15) is 11.1 Å². The van der Waals surface area contributed by atoms with Gasteiger partial charge in [0, 0.05) is 32.7 Å². The highest BCUT2D eigenvalue weighted by atomic mass is 16.5. The standard InChI is InChI=1S/C20H27N3O3/c1-21-20(23(2)14-15-9-11-17(24-3)12-10-15)22-13-16-7-6-8-18(25-4)19(16)26-5/h6-12H,13-14H2,1-5H3,(H,21,22). The van der Waals surface area contributed by atoms with Gasteiger partial charge >= 0.3 is 0 Å². The first-order valence-corrected chi connectivity index (χ1v) is 8.37. The Morgan fingerprint density at radius 1 is 1.00 bits per heavy atom. The molecular weight excluding hydrogens is 330 g/mol. The Kier molecular flexibility index (Phi) is 7.14. The molecule has 0 atom stereocenters. The van der Waals surface area contributed by atoms with Gasteiger partial charge in [-0.3, -0.25) is 4.99 Å². The van der Waals surface area contributed by atoms with E-state index in [9.17, 15) is 0 Å². The molecule has 26 heavy (non-hydrogen) atoms. The van der Waals surface area contributed by atoms with Crippen molar-refractivity contribution in [2.45, 2.75) is 13.1 Å². The van der Waals surface area contributed by atoms with Crippen molar-refractivity contribution >= 4 is 5.96 Å². The van der Waals surface area contributed by atoms with Crippen LogP contribution in [0.5, 0.6) is 17.2 Å². The smallest absolute Gasteiger partial charge is 0.193 e. The second kappa shape index (κ2) is 9.56. The number of para-hydroxylation sites is 1. The molecule has 0 fully saturated rings. The molecule has 0 saturated heterocycles. The van der Waals surface area contributed by atoms with E-state index >= 15 is 0 Å². The first kappa shape index (κ1) is 19.4. The van der Waals surface area contributed by atoms with Crippen molar-refractivity contribution in [3.05, 3.63) is 53.6 Å². The van der Waals surface area contributed by atoms with E-state index in [-0.39, 0.29) is 0 Å². The number of nitrogens with zero attached hydrogens (tertiary/aromatic N) is 2. The molecule has 0 spiro atoms. The van der Waals surface area contributed by atoms with E-state index in [0.717, 1.165) is 29.6 Å². The number of guanidine groups is 1. The first-order valence-electron chi connectivity index (χ1n) is 8.37. The predicted octanol–water partition coefficient (Wildman–Crippen LogP) is 2.92. The van der Waals surface area contributed by atoms with E-state index in [1.807, 2.05) is 49.5 Å². The van der Waals surface area contributed by atoms with Gasteiger partial charge in [-0.1, -0.05) is 24.3 Å². The molecule has 2 aromatic rings. The first-order chi connectivity index (χ1) is 12.6. The van der Waals surface area contributed by atoms with Crippen LogP contribution in [0.2, 0.25) is 0 Å². The summed E-state index contributed by atoms with van der Waals surface area (Å²) in [5.74, 6) is 3.10. The van der Waals surface area contributed by atoms with Crippen LogP contribution in [-0.2, 0) is 13.1 Å². The van der Waals surface area contributed by atoms with Gasteiger partial charge in [-0.2, -0.15) is 0 Å². The third kappa shape index (κ3) is 4.81. The van der Waals surface area contributed by atoms with E-state index < -0.39 is 0 Å². The third-order valence-electron chi connectivity index (χ3n) is 4.07. The molecule has 0 saturated carbocycles. The fourth-order valence-corrected chi connectivity index (χ4v) is 2.73. The molecule has 0 heterocycles. The Labute approximate surface area is 155 Å². The van der Waals surface area contributed by atoms with Crippen molar-refractivity contribution in [3.63, 3.8) is 0 Å². The zero-order chi connectivity index (χ0) is 18.9. The minimum atomic E-state index is 0.583. The molecule has 0 unspecified atom stereocenters. The average Bonchev–Trinajstić information content (AvgIpc) is 2.68. The second-order valence-corrected chi connectivity index (χ2v) is 5.76. The lowest BCUT2D eigenvalue weighted by Gasteiger charge is -2.23. The lowest BCUT2D eigenvalue weighted by Crippen LogP contribution is -2.38. The summed E-state index contributed by atoms with van der Waals surface area (Å²) in [7, 11) is 8.72. The van der Waals surface area contributed by atoms with E-state index in [1.165, 1.54) is 5.56 Å². The van der Waals surface area contributed by atoms with Crippen LogP contribution in [0.3, 0.4) is 0 Å². The highest BCUT2D eigenvalue weighted by molar-refractivity contribution is 5.79. The molecule has 0 aliphatic carbocycles. The lowest BCUT2D eigenvalue weighted by molar-refractivity contribution is 0.351. The molecule has 2 rings (SSSR count). The van der Waals surface area contributed by atoms with Gasteiger partial charge in [0.15, 0.2) is 17.5 Å². The number of ether oxygens (including phenoxy) is 3. The SMILES string of the molecule is CN=C(NCc1cccc(OC)c1OC)N(C)Cc1ccc(OC)cc1. The molecule has 0 bridgehead atoms. The summed E-state index contributed by atoms with van der Waals surface area (Å²) in [6.07, 6.45) is 0. The number of nitrogens with one attached hydrogen (secondary N) is 1. The summed E-state index contributed by atoms with van der Waals surface area (Å²) < 4.78 is 16.0. The highest BCUT2D eigenvalue weighted by Gasteiger charge is 2.12. The normalized spacial score (nSPS) is 11.0. The molecule has 6 heteroatoms. The van der Waals surface area contributed by atoms with Gasteiger partial charge < -0.3 is 24.4 Å². The van der Waals surface area contributed by atoms with Gasteiger partial charge in [0.2, 0.25) is 0 Å². The maximum absolute atomic E-state index is 5.48. The number of hydrogen-bond donors (Lipinski definition) is 1. The molecule has 1 N–H and O–H groups in total. The molecule has 0 radical (unpaired) electrons. The monoisotopic (exact) mass is 357 g/mol. The lowest BCUT2D eigenvalue weighted by atomic mass is 10.2. The van der Waals surface area contributed by atoms with E-state index in [4.69, 9.17) is 14.2 Å². The Balaban J connectivity index is 2.02. The fraction of sp³-hybridized carbons (Fsp3) is 0.350. The summed E-state index contributed by atoms with van der Waals surface area (Å²) in [4.78, 5) is 6.43. The summed E-state index contributed by atoms with van der Waals surface area (Å²) >= 11 is 0. The molecule has 0 amide bonds. The van der Waals surface area contributed by atoms with Crippen LogP contribution in [0.25, 0.3) is 0 Å². The fourth-order valence-electron chi connectivity index (χ4n) is 2.73. The van der Waals surface area contributed by atoms with Crippen molar-refractivity contribution in [3.8, 4) is 17.2 Å². The topological polar surface area (TPSA) is 55.3 Å². The number of rotatable bonds is 7. The molecule has 6 nitrogen and oxygen atoms in total. The Morgan fingerprint density at radius 2 is 1.73 bits per heavy atom. The van der Waals surface area contributed by atoms with Gasteiger partial charge in [0.05, 0.1) is 21.3 Å². The number of hydrogen-bond acceptors (Lipinski definition) is 4. The quantitative estimate of drug-likeness (QED) is 0.610. The van der Waals surface area contributed by atoms with Gasteiger partial charge in [-0.25, -0.2) is 0 Å². The number of aliphatic imine (C=N–C) groups is 1. The van der Waals surface area contributed by atoms with Crippen molar-refractivity contribution in [2.75, 3.05) is 35.4 Å². The van der Waals surface area contributed by atoms with Crippen LogP contribution in [-0.4, -0.2) is 46.3 Å². The number of methoxy groups -OCH3 is 3. The van der Waals surface area contributed by atoms with Crippen molar-refractivity contribution < 1.29 is 14.2 Å². The van der Waals surface area contributed by atoms with Gasteiger partial charge in [-0.05, 0) is 23.8 Å². The Bertz CT molecular complexity index is 730. The minimum Gasteiger partial charge on any atom is -0.497 e. The third-order valence-corrected chi connectivity index (χ3v) is 4.07. The van der Waals surface area contributed by atoms with Crippen molar-refractivity contribution in [1.82, 2.24) is 10.2 Å². The zero-order valence-corrected chi connectivity index (χ0v) is 16.1. The molecule has 0 aromatic heterocycles. The average molecular weight is 357 g/mol. The maximum Gasteiger partial charge on any atom is 0.193 e. The Hall–Kier alpha value is -2.89. The van der Waals surface area contributed by atoms with Crippen molar-refractivity contribution in [2.24, 2.45) is 4.99 Å². The summed E-state index contributed by atoms with van der Waals surface area (Å²) in [6.45, 7) is 1.32. The van der Waals surface area contributed by atoms with Gasteiger partial charge in [-0.15, -0.1) is 0 Å². The predicted molar refractivity (Wildman–Crippen MR) is 104 cm³/mol. The van der Waals surface area contributed by atoms with Crippen LogP contribution in [0.15, 0.2) is 47.5 Å². The molecular formula is C20H27N3O3. The van der Waals surface area contributed by atoms with Crippen molar-refractivity contribution in [1.29, 1.82) is 0 Å². The molecule has 140 valence electrons. The highest BCUT2D eigenvalue weighted by Crippen LogP contribution is 2.30. The largest absolute Gasteiger partial charge is 0.497 e. The molecule has 0 aliphatic heterocycles. The zero-order valence-electron chi connectivity index (χ0n) is 16.1. The van der Waals surface area contributed by atoms with Crippen LogP contribution in [0, 0.1) is 0 Å². The van der Waals surface area contributed by atoms with Gasteiger partial charge in [0.1, 0.15) is 5.75 Å². The van der Waals surface area contributed by atoms with Crippen LogP contribution >= 0.6 is 0 Å². The summed E-state index contributed by atoms with van der Waals surface area (Å²) in [5, 5.41) is 3.37. The maximum atomic E-state index is 5.48. The second-order valence-electron chi connectivity index (χ2n) is 5.76. The summed E-state index contributed by atoms with van der Waals surface area (Å²) in [5.41, 5.74) is 2.18. The van der Waals surface area contributed by atoms with E-state index in [1.54, 1.807) is 28.4 Å². The van der Waals surface area contributed by atoms with Gasteiger partial charge in [0.25, 0.3) is 0 Å². The van der Waals surface area contributed by atoms with E-state index in [2.05, 4.69) is 15.2 Å². The number of benzene rings is 2. The van der Waals surface area contributed by atoms with Crippen LogP contribution in [0.4, 0.5) is 0 Å². The van der Waals surface area contributed by atoms with E-state index in [0.29, 0.717) is 12.3 Å². The molecule has 2 aromatic carbocycles.